The average Bonchev–Trinajstić information content (AvgIpc) is 2.44. The number of phenols is 2. The summed E-state index contributed by atoms with van der Waals surface area (Å²) in [6.45, 7) is 4.04. The SMILES string of the molecule is CCCc1c(O)cc(C=C(C)c2ccccc2)cc1O. The van der Waals surface area contributed by atoms with Crippen LogP contribution in [0.3, 0.4) is 0 Å². The molecule has 2 aromatic rings. The molecule has 0 radical (unpaired) electrons. The van der Waals surface area contributed by atoms with Gasteiger partial charge >= 0.3 is 0 Å². The van der Waals surface area contributed by atoms with Gasteiger partial charge in [-0.15, -0.1) is 0 Å². The Morgan fingerprint density at radius 1 is 1.05 bits per heavy atom. The highest BCUT2D eigenvalue weighted by molar-refractivity contribution is 5.81. The first-order valence-electron chi connectivity index (χ1n) is 6.90. The van der Waals surface area contributed by atoms with E-state index < -0.39 is 0 Å². The van der Waals surface area contributed by atoms with Crippen molar-refractivity contribution in [1.82, 2.24) is 0 Å². The number of benzene rings is 2. The Hall–Kier alpha value is -2.22. The minimum Gasteiger partial charge on any atom is -0.508 e. The van der Waals surface area contributed by atoms with E-state index in [2.05, 4.69) is 0 Å². The summed E-state index contributed by atoms with van der Waals surface area (Å²) < 4.78 is 0. The summed E-state index contributed by atoms with van der Waals surface area (Å²) in [5.74, 6) is 0.331. The lowest BCUT2D eigenvalue weighted by Crippen LogP contribution is -1.88. The molecule has 0 spiro atoms. The summed E-state index contributed by atoms with van der Waals surface area (Å²) in [6, 6.07) is 13.5. The predicted octanol–water partition coefficient (Wildman–Crippen LogP) is 4.61. The molecule has 0 aliphatic rings. The van der Waals surface area contributed by atoms with Crippen molar-refractivity contribution in [2.75, 3.05) is 0 Å². The van der Waals surface area contributed by atoms with Crippen LogP contribution in [-0.2, 0) is 6.42 Å². The molecular formula is C18H20O2. The molecule has 20 heavy (non-hydrogen) atoms. The second-order valence-corrected chi connectivity index (χ2v) is 4.98. The molecule has 2 rings (SSSR count). The van der Waals surface area contributed by atoms with Gasteiger partial charge in [-0.25, -0.2) is 0 Å². The molecule has 0 saturated carbocycles. The maximum atomic E-state index is 10.00. The summed E-state index contributed by atoms with van der Waals surface area (Å²) in [7, 11) is 0. The number of rotatable bonds is 4. The zero-order valence-electron chi connectivity index (χ0n) is 11.9. The van der Waals surface area contributed by atoms with Crippen LogP contribution in [0.1, 0.15) is 37.0 Å². The van der Waals surface area contributed by atoms with Crippen LogP contribution >= 0.6 is 0 Å². The standard InChI is InChI=1S/C18H20O2/c1-3-7-16-17(19)11-14(12-18(16)20)10-13(2)15-8-5-4-6-9-15/h4-6,8-12,19-20H,3,7H2,1-2H3. The summed E-state index contributed by atoms with van der Waals surface area (Å²) in [5.41, 5.74) is 3.65. The van der Waals surface area contributed by atoms with E-state index >= 15 is 0 Å². The van der Waals surface area contributed by atoms with Gasteiger partial charge in [0.1, 0.15) is 11.5 Å². The quantitative estimate of drug-likeness (QED) is 0.795. The zero-order valence-corrected chi connectivity index (χ0v) is 11.9. The van der Waals surface area contributed by atoms with Crippen LogP contribution < -0.4 is 0 Å². The van der Waals surface area contributed by atoms with Gasteiger partial charge in [0, 0.05) is 5.56 Å². The fourth-order valence-corrected chi connectivity index (χ4v) is 2.29. The summed E-state index contributed by atoms with van der Waals surface area (Å²) in [4.78, 5) is 0. The van der Waals surface area contributed by atoms with E-state index in [1.807, 2.05) is 50.3 Å². The van der Waals surface area contributed by atoms with Crippen LogP contribution in [0.5, 0.6) is 11.5 Å². The Bertz CT molecular complexity index is 590. The first-order valence-corrected chi connectivity index (χ1v) is 6.90. The van der Waals surface area contributed by atoms with Gasteiger partial charge in [0.2, 0.25) is 0 Å². The average molecular weight is 268 g/mol. The van der Waals surface area contributed by atoms with Crippen LogP contribution in [-0.4, -0.2) is 10.2 Å². The minimum absolute atomic E-state index is 0.166. The van der Waals surface area contributed by atoms with E-state index in [-0.39, 0.29) is 11.5 Å². The molecule has 0 aliphatic carbocycles. The van der Waals surface area contributed by atoms with Crippen molar-refractivity contribution in [1.29, 1.82) is 0 Å². The second-order valence-electron chi connectivity index (χ2n) is 4.98. The molecule has 0 amide bonds. The van der Waals surface area contributed by atoms with Crippen molar-refractivity contribution >= 4 is 11.6 Å². The highest BCUT2D eigenvalue weighted by Gasteiger charge is 2.08. The van der Waals surface area contributed by atoms with Crippen LogP contribution in [0.15, 0.2) is 42.5 Å². The second kappa shape index (κ2) is 6.29. The van der Waals surface area contributed by atoms with E-state index in [4.69, 9.17) is 0 Å². The summed E-state index contributed by atoms with van der Waals surface area (Å²) >= 11 is 0. The van der Waals surface area contributed by atoms with Gasteiger partial charge in [-0.1, -0.05) is 49.8 Å². The molecule has 0 aliphatic heterocycles. The Labute approximate surface area is 120 Å². The number of hydrogen-bond acceptors (Lipinski definition) is 2. The number of hydrogen-bond donors (Lipinski definition) is 2. The number of phenolic OH excluding ortho intramolecular Hbond substituents is 2. The molecule has 0 heterocycles. The Balaban J connectivity index is 2.35. The molecule has 2 N–H and O–H groups in total. The Kier molecular flexibility index (Phi) is 4.46. The zero-order chi connectivity index (χ0) is 14.5. The van der Waals surface area contributed by atoms with E-state index in [1.165, 1.54) is 0 Å². The van der Waals surface area contributed by atoms with Crippen molar-refractivity contribution in [3.05, 3.63) is 59.2 Å². The first kappa shape index (κ1) is 14.2. The number of allylic oxidation sites excluding steroid dienone is 1. The highest BCUT2D eigenvalue weighted by atomic mass is 16.3. The van der Waals surface area contributed by atoms with Crippen LogP contribution in [0.4, 0.5) is 0 Å². The molecule has 0 aromatic heterocycles. The molecule has 0 atom stereocenters. The van der Waals surface area contributed by atoms with Crippen molar-refractivity contribution < 1.29 is 10.2 Å². The molecule has 0 saturated heterocycles. The molecule has 0 bridgehead atoms. The van der Waals surface area contributed by atoms with E-state index in [1.54, 1.807) is 12.1 Å². The van der Waals surface area contributed by atoms with E-state index in [9.17, 15) is 10.2 Å². The smallest absolute Gasteiger partial charge is 0.123 e. The molecule has 104 valence electrons. The molecule has 2 heteroatoms. The molecule has 2 aromatic carbocycles. The Morgan fingerprint density at radius 2 is 1.65 bits per heavy atom. The minimum atomic E-state index is 0.166. The molecule has 0 unspecified atom stereocenters. The van der Waals surface area contributed by atoms with Gasteiger partial charge in [-0.2, -0.15) is 0 Å². The van der Waals surface area contributed by atoms with Crippen molar-refractivity contribution in [3.63, 3.8) is 0 Å². The third-order valence-electron chi connectivity index (χ3n) is 3.34. The van der Waals surface area contributed by atoms with Gasteiger partial charge in [0.25, 0.3) is 0 Å². The van der Waals surface area contributed by atoms with E-state index in [0.717, 1.165) is 23.1 Å². The van der Waals surface area contributed by atoms with Gasteiger partial charge in [-0.05, 0) is 42.2 Å². The highest BCUT2D eigenvalue weighted by Crippen LogP contribution is 2.31. The molecule has 0 fully saturated rings. The van der Waals surface area contributed by atoms with Crippen molar-refractivity contribution in [2.45, 2.75) is 26.7 Å². The van der Waals surface area contributed by atoms with Crippen LogP contribution in [0.2, 0.25) is 0 Å². The maximum Gasteiger partial charge on any atom is 0.123 e. The first-order chi connectivity index (χ1) is 9.61. The third-order valence-corrected chi connectivity index (χ3v) is 3.34. The monoisotopic (exact) mass is 268 g/mol. The van der Waals surface area contributed by atoms with Gasteiger partial charge in [0.05, 0.1) is 0 Å². The lowest BCUT2D eigenvalue weighted by atomic mass is 10.0. The van der Waals surface area contributed by atoms with Gasteiger partial charge < -0.3 is 10.2 Å². The van der Waals surface area contributed by atoms with Crippen LogP contribution in [0, 0.1) is 0 Å². The molecular weight excluding hydrogens is 248 g/mol. The van der Waals surface area contributed by atoms with E-state index in [0.29, 0.717) is 12.0 Å². The fourth-order valence-electron chi connectivity index (χ4n) is 2.29. The maximum absolute atomic E-state index is 10.00. The fraction of sp³-hybridized carbons (Fsp3) is 0.222. The van der Waals surface area contributed by atoms with Gasteiger partial charge in [-0.3, -0.25) is 0 Å². The summed E-state index contributed by atoms with van der Waals surface area (Å²) in [5, 5.41) is 20.0. The normalized spacial score (nSPS) is 11.6. The molecule has 2 nitrogen and oxygen atoms in total. The predicted molar refractivity (Wildman–Crippen MR) is 83.8 cm³/mol. The van der Waals surface area contributed by atoms with Gasteiger partial charge in [0.15, 0.2) is 0 Å². The lowest BCUT2D eigenvalue weighted by Gasteiger charge is -2.08. The van der Waals surface area contributed by atoms with Crippen molar-refractivity contribution in [3.8, 4) is 11.5 Å². The third kappa shape index (κ3) is 3.21. The number of aromatic hydroxyl groups is 2. The van der Waals surface area contributed by atoms with Crippen molar-refractivity contribution in [2.24, 2.45) is 0 Å². The van der Waals surface area contributed by atoms with Crippen LogP contribution in [0.25, 0.3) is 11.6 Å². The largest absolute Gasteiger partial charge is 0.508 e. The topological polar surface area (TPSA) is 40.5 Å². The lowest BCUT2D eigenvalue weighted by molar-refractivity contribution is 0.437. The summed E-state index contributed by atoms with van der Waals surface area (Å²) in [6.07, 6.45) is 3.53. The Morgan fingerprint density at radius 3 is 2.20 bits per heavy atom.